The molecule has 5 heteroatoms. The fourth-order valence-corrected chi connectivity index (χ4v) is 1.91. The van der Waals surface area contributed by atoms with Crippen LogP contribution in [-0.2, 0) is 4.79 Å². The number of hydrogen-bond acceptors (Lipinski definition) is 3. The molecular formula is C13H17NO4. The summed E-state index contributed by atoms with van der Waals surface area (Å²) in [5, 5.41) is 11.7. The van der Waals surface area contributed by atoms with Crippen LogP contribution in [0, 0.1) is 5.41 Å². The molecule has 0 saturated heterocycles. The van der Waals surface area contributed by atoms with Gasteiger partial charge in [0.2, 0.25) is 0 Å². The Morgan fingerprint density at radius 2 is 2.17 bits per heavy atom. The molecule has 1 amide bonds. The fraction of sp³-hybridized carbons (Fsp3) is 0.538. The average Bonchev–Trinajstić information content (AvgIpc) is 2.94. The minimum Gasteiger partial charge on any atom is -0.481 e. The predicted octanol–water partition coefficient (Wildman–Crippen LogP) is 2.00. The maximum absolute atomic E-state index is 11.9. The van der Waals surface area contributed by atoms with Crippen LogP contribution in [0.2, 0.25) is 0 Å². The zero-order chi connectivity index (χ0) is 13.3. The van der Waals surface area contributed by atoms with E-state index in [2.05, 4.69) is 5.32 Å². The van der Waals surface area contributed by atoms with E-state index < -0.39 is 11.4 Å². The number of carboxylic acid groups (broad SMARTS) is 1. The Morgan fingerprint density at radius 1 is 1.50 bits per heavy atom. The van der Waals surface area contributed by atoms with Crippen molar-refractivity contribution in [1.82, 2.24) is 5.32 Å². The van der Waals surface area contributed by atoms with Gasteiger partial charge in [0, 0.05) is 12.1 Å². The van der Waals surface area contributed by atoms with Crippen molar-refractivity contribution >= 4 is 11.9 Å². The molecule has 0 radical (unpaired) electrons. The summed E-state index contributed by atoms with van der Waals surface area (Å²) in [7, 11) is 0. The zero-order valence-corrected chi connectivity index (χ0v) is 10.5. The molecule has 1 fully saturated rings. The summed E-state index contributed by atoms with van der Waals surface area (Å²) in [6, 6.07) is 1.77. The highest BCUT2D eigenvalue weighted by Gasteiger charge is 2.50. The van der Waals surface area contributed by atoms with Crippen molar-refractivity contribution in [3.63, 3.8) is 0 Å². The van der Waals surface area contributed by atoms with Crippen LogP contribution in [0.15, 0.2) is 16.7 Å². The van der Waals surface area contributed by atoms with E-state index in [1.807, 2.05) is 13.8 Å². The highest BCUT2D eigenvalue weighted by Crippen LogP contribution is 2.45. The SMILES string of the molecule is CC(C)c1ccoc1C(=O)NCC1(C(=O)O)CC1. The fourth-order valence-electron chi connectivity index (χ4n) is 1.91. The number of carbonyl (C=O) groups is 2. The Balaban J connectivity index is 2.00. The molecule has 1 heterocycles. The molecule has 0 bridgehead atoms. The second-order valence-corrected chi connectivity index (χ2v) is 5.13. The monoisotopic (exact) mass is 251 g/mol. The molecule has 0 atom stereocenters. The number of nitrogens with one attached hydrogen (secondary N) is 1. The van der Waals surface area contributed by atoms with Crippen molar-refractivity contribution in [3.05, 3.63) is 23.7 Å². The van der Waals surface area contributed by atoms with Gasteiger partial charge < -0.3 is 14.8 Å². The van der Waals surface area contributed by atoms with Crippen LogP contribution in [0.3, 0.4) is 0 Å². The summed E-state index contributed by atoms with van der Waals surface area (Å²) in [6.07, 6.45) is 2.73. The number of furan rings is 1. The molecule has 1 aromatic rings. The van der Waals surface area contributed by atoms with Crippen molar-refractivity contribution in [1.29, 1.82) is 0 Å². The molecule has 0 aliphatic heterocycles. The van der Waals surface area contributed by atoms with Gasteiger partial charge in [-0.15, -0.1) is 0 Å². The van der Waals surface area contributed by atoms with Crippen LogP contribution in [0.1, 0.15) is 48.7 Å². The van der Waals surface area contributed by atoms with Crippen LogP contribution in [0.5, 0.6) is 0 Å². The third-order valence-electron chi connectivity index (χ3n) is 3.42. The van der Waals surface area contributed by atoms with Gasteiger partial charge in [0.15, 0.2) is 5.76 Å². The van der Waals surface area contributed by atoms with E-state index in [0.29, 0.717) is 12.8 Å². The first kappa shape index (κ1) is 12.7. The number of rotatable bonds is 5. The third-order valence-corrected chi connectivity index (χ3v) is 3.42. The van der Waals surface area contributed by atoms with E-state index in [1.54, 1.807) is 6.07 Å². The number of amides is 1. The molecule has 1 aromatic heterocycles. The molecule has 2 rings (SSSR count). The first-order valence-electron chi connectivity index (χ1n) is 6.05. The number of carbonyl (C=O) groups excluding carboxylic acids is 1. The summed E-state index contributed by atoms with van der Waals surface area (Å²) in [5.41, 5.74) is 0.0907. The van der Waals surface area contributed by atoms with E-state index >= 15 is 0 Å². The van der Waals surface area contributed by atoms with E-state index in [9.17, 15) is 9.59 Å². The van der Waals surface area contributed by atoms with Crippen LogP contribution < -0.4 is 5.32 Å². The second kappa shape index (κ2) is 4.48. The van der Waals surface area contributed by atoms with E-state index in [4.69, 9.17) is 9.52 Å². The topological polar surface area (TPSA) is 79.5 Å². The average molecular weight is 251 g/mol. The molecule has 98 valence electrons. The quantitative estimate of drug-likeness (QED) is 0.838. The minimum absolute atomic E-state index is 0.166. The molecule has 18 heavy (non-hydrogen) atoms. The Morgan fingerprint density at radius 3 is 2.67 bits per heavy atom. The number of hydrogen-bond donors (Lipinski definition) is 2. The van der Waals surface area contributed by atoms with Gasteiger partial charge in [0.05, 0.1) is 11.7 Å². The largest absolute Gasteiger partial charge is 0.481 e. The second-order valence-electron chi connectivity index (χ2n) is 5.13. The first-order valence-corrected chi connectivity index (χ1v) is 6.05. The summed E-state index contributed by atoms with van der Waals surface area (Å²) in [4.78, 5) is 22.9. The molecule has 2 N–H and O–H groups in total. The van der Waals surface area contributed by atoms with Gasteiger partial charge >= 0.3 is 5.97 Å². The zero-order valence-electron chi connectivity index (χ0n) is 10.5. The van der Waals surface area contributed by atoms with E-state index in [-0.39, 0.29) is 24.1 Å². The van der Waals surface area contributed by atoms with Gasteiger partial charge in [0.25, 0.3) is 5.91 Å². The molecule has 0 unspecified atom stereocenters. The highest BCUT2D eigenvalue weighted by molar-refractivity contribution is 5.93. The lowest BCUT2D eigenvalue weighted by molar-refractivity contribution is -0.143. The Labute approximate surface area is 105 Å². The maximum atomic E-state index is 11.9. The summed E-state index contributed by atoms with van der Waals surface area (Å²) >= 11 is 0. The van der Waals surface area contributed by atoms with Crippen molar-refractivity contribution in [3.8, 4) is 0 Å². The van der Waals surface area contributed by atoms with Crippen LogP contribution in [0.25, 0.3) is 0 Å². The van der Waals surface area contributed by atoms with Crippen LogP contribution in [-0.4, -0.2) is 23.5 Å². The molecule has 1 saturated carbocycles. The van der Waals surface area contributed by atoms with Crippen molar-refractivity contribution in [2.75, 3.05) is 6.54 Å². The maximum Gasteiger partial charge on any atom is 0.311 e. The number of aliphatic carboxylic acids is 1. The van der Waals surface area contributed by atoms with Gasteiger partial charge in [-0.05, 0) is 24.8 Å². The molecular weight excluding hydrogens is 234 g/mol. The van der Waals surface area contributed by atoms with Gasteiger partial charge in [-0.3, -0.25) is 9.59 Å². The van der Waals surface area contributed by atoms with Gasteiger partial charge in [-0.25, -0.2) is 0 Å². The minimum atomic E-state index is -0.841. The van der Waals surface area contributed by atoms with Crippen molar-refractivity contribution < 1.29 is 19.1 Å². The Kier molecular flexibility index (Phi) is 3.15. The molecule has 0 spiro atoms. The lowest BCUT2D eigenvalue weighted by atomic mass is 10.0. The molecule has 1 aliphatic rings. The lowest BCUT2D eigenvalue weighted by Gasteiger charge is -2.11. The van der Waals surface area contributed by atoms with Gasteiger partial charge in [-0.2, -0.15) is 0 Å². The molecule has 1 aliphatic carbocycles. The normalized spacial score (nSPS) is 16.6. The van der Waals surface area contributed by atoms with Gasteiger partial charge in [0.1, 0.15) is 0 Å². The van der Waals surface area contributed by atoms with Crippen LogP contribution >= 0.6 is 0 Å². The summed E-state index contributed by atoms with van der Waals surface area (Å²) in [5.74, 6) is -0.701. The van der Waals surface area contributed by atoms with Crippen LogP contribution in [0.4, 0.5) is 0 Å². The van der Waals surface area contributed by atoms with Crippen molar-refractivity contribution in [2.24, 2.45) is 5.41 Å². The Hall–Kier alpha value is -1.78. The molecule has 0 aromatic carbocycles. The lowest BCUT2D eigenvalue weighted by Crippen LogP contribution is -2.34. The van der Waals surface area contributed by atoms with Gasteiger partial charge in [-0.1, -0.05) is 13.8 Å². The van der Waals surface area contributed by atoms with E-state index in [0.717, 1.165) is 5.56 Å². The predicted molar refractivity (Wildman–Crippen MR) is 64.4 cm³/mol. The molecule has 5 nitrogen and oxygen atoms in total. The summed E-state index contributed by atoms with van der Waals surface area (Å²) < 4.78 is 5.17. The van der Waals surface area contributed by atoms with E-state index in [1.165, 1.54) is 6.26 Å². The summed E-state index contributed by atoms with van der Waals surface area (Å²) in [6.45, 7) is 4.11. The standard InChI is InChI=1S/C13H17NO4/c1-8(2)9-3-6-18-10(9)11(15)14-7-13(4-5-13)12(16)17/h3,6,8H,4-5,7H2,1-2H3,(H,14,15)(H,16,17). The highest BCUT2D eigenvalue weighted by atomic mass is 16.4. The third kappa shape index (κ3) is 2.25. The smallest absolute Gasteiger partial charge is 0.311 e. The first-order chi connectivity index (χ1) is 8.46. The Bertz CT molecular complexity index is 471. The number of carboxylic acids is 1. The van der Waals surface area contributed by atoms with Crippen molar-refractivity contribution in [2.45, 2.75) is 32.6 Å².